The van der Waals surface area contributed by atoms with Gasteiger partial charge in [-0.3, -0.25) is 0 Å². The van der Waals surface area contributed by atoms with Crippen LogP contribution in [0.1, 0.15) is 31.9 Å². The third kappa shape index (κ3) is 7.11. The molecule has 0 spiro atoms. The molecule has 0 atom stereocenters. The zero-order chi connectivity index (χ0) is 17.5. The molecule has 5 nitrogen and oxygen atoms in total. The Kier molecular flexibility index (Phi) is 6.98. The number of nitriles is 1. The molecule has 0 heterocycles. The Labute approximate surface area is 136 Å². The van der Waals surface area contributed by atoms with Gasteiger partial charge in [0.15, 0.2) is 0 Å². The van der Waals surface area contributed by atoms with Crippen LogP contribution in [0.4, 0.5) is 9.18 Å². The second kappa shape index (κ2) is 8.49. The summed E-state index contributed by atoms with van der Waals surface area (Å²) in [6.45, 7) is 6.50. The first-order chi connectivity index (χ1) is 10.7. The van der Waals surface area contributed by atoms with E-state index in [2.05, 4.69) is 0 Å². The summed E-state index contributed by atoms with van der Waals surface area (Å²) >= 11 is 0. The molecule has 1 aromatic carbocycles. The molecule has 0 radical (unpaired) electrons. The van der Waals surface area contributed by atoms with Gasteiger partial charge in [0.2, 0.25) is 0 Å². The minimum Gasteiger partial charge on any atom is -0.444 e. The molecule has 0 aliphatic rings. The number of nitrogens with zero attached hydrogens (tertiary/aromatic N) is 2. The lowest BCUT2D eigenvalue weighted by molar-refractivity contribution is 0.0233. The van der Waals surface area contributed by atoms with E-state index in [9.17, 15) is 9.18 Å². The third-order valence-corrected chi connectivity index (χ3v) is 2.98. The molecule has 0 fully saturated rings. The SMILES string of the molecule is CN(CCOCCc1cc(F)ccc1C#N)C(=O)OC(C)(C)C. The van der Waals surface area contributed by atoms with Gasteiger partial charge in [-0.1, -0.05) is 0 Å². The number of ether oxygens (including phenoxy) is 2. The summed E-state index contributed by atoms with van der Waals surface area (Å²) in [5, 5.41) is 8.97. The Morgan fingerprint density at radius 2 is 2.04 bits per heavy atom. The van der Waals surface area contributed by atoms with Crippen molar-refractivity contribution in [3.05, 3.63) is 35.1 Å². The molecule has 0 bridgehead atoms. The van der Waals surface area contributed by atoms with Crippen molar-refractivity contribution >= 4 is 6.09 Å². The van der Waals surface area contributed by atoms with Crippen LogP contribution in [0, 0.1) is 17.1 Å². The molecule has 0 saturated heterocycles. The number of rotatable bonds is 6. The summed E-state index contributed by atoms with van der Waals surface area (Å²) in [5.41, 5.74) is 0.533. The maximum absolute atomic E-state index is 13.2. The summed E-state index contributed by atoms with van der Waals surface area (Å²) in [6, 6.07) is 6.09. The minimum absolute atomic E-state index is 0.340. The van der Waals surface area contributed by atoms with Gasteiger partial charge in [0.05, 0.1) is 24.8 Å². The maximum Gasteiger partial charge on any atom is 0.410 e. The van der Waals surface area contributed by atoms with E-state index in [1.54, 1.807) is 27.8 Å². The number of hydrogen-bond acceptors (Lipinski definition) is 4. The second-order valence-corrected chi connectivity index (χ2v) is 6.18. The molecule has 0 aliphatic heterocycles. The van der Waals surface area contributed by atoms with E-state index in [0.717, 1.165) is 0 Å². The van der Waals surface area contributed by atoms with E-state index >= 15 is 0 Å². The molecular weight excluding hydrogens is 299 g/mol. The Bertz CT molecular complexity index is 576. The molecule has 1 aromatic rings. The quantitative estimate of drug-likeness (QED) is 0.755. The van der Waals surface area contributed by atoms with Crippen molar-refractivity contribution in [1.29, 1.82) is 5.26 Å². The first-order valence-corrected chi connectivity index (χ1v) is 7.43. The fourth-order valence-corrected chi connectivity index (χ4v) is 1.80. The standard InChI is InChI=1S/C17H23FN2O3/c1-17(2,3)23-16(21)20(4)8-10-22-9-7-13-11-15(18)6-5-14(13)12-19/h5-6,11H,7-10H2,1-4H3. The molecule has 0 unspecified atom stereocenters. The second-order valence-electron chi connectivity index (χ2n) is 6.18. The summed E-state index contributed by atoms with van der Waals surface area (Å²) in [7, 11) is 1.64. The highest BCUT2D eigenvalue weighted by molar-refractivity contribution is 5.67. The van der Waals surface area contributed by atoms with Gasteiger partial charge in [-0.05, 0) is 51.0 Å². The van der Waals surface area contributed by atoms with Crippen LogP contribution in [0.5, 0.6) is 0 Å². The van der Waals surface area contributed by atoms with Gasteiger partial charge in [0, 0.05) is 13.6 Å². The van der Waals surface area contributed by atoms with Crippen LogP contribution in [0.15, 0.2) is 18.2 Å². The number of hydrogen-bond donors (Lipinski definition) is 0. The zero-order valence-electron chi connectivity index (χ0n) is 14.1. The van der Waals surface area contributed by atoms with E-state index < -0.39 is 11.7 Å². The van der Waals surface area contributed by atoms with Gasteiger partial charge >= 0.3 is 6.09 Å². The third-order valence-electron chi connectivity index (χ3n) is 2.98. The largest absolute Gasteiger partial charge is 0.444 e. The number of likely N-dealkylation sites (N-methyl/N-ethyl adjacent to an activating group) is 1. The molecule has 1 amide bonds. The molecular formula is C17H23FN2O3. The lowest BCUT2D eigenvalue weighted by atomic mass is 10.1. The van der Waals surface area contributed by atoms with Crippen LogP contribution in [0.25, 0.3) is 0 Å². The predicted octanol–water partition coefficient (Wildman–Crippen LogP) is 3.12. The van der Waals surface area contributed by atoms with Crippen LogP contribution in [0.2, 0.25) is 0 Å². The number of carbonyl (C=O) groups is 1. The molecule has 1 rings (SSSR count). The summed E-state index contributed by atoms with van der Waals surface area (Å²) in [4.78, 5) is 13.2. The van der Waals surface area contributed by atoms with Gasteiger partial charge in [-0.25, -0.2) is 9.18 Å². The molecule has 0 N–H and O–H groups in total. The molecule has 23 heavy (non-hydrogen) atoms. The smallest absolute Gasteiger partial charge is 0.410 e. The minimum atomic E-state index is -0.530. The van der Waals surface area contributed by atoms with Gasteiger partial charge in [0.1, 0.15) is 11.4 Å². The molecule has 126 valence electrons. The van der Waals surface area contributed by atoms with E-state index in [-0.39, 0.29) is 5.82 Å². The number of halogens is 1. The topological polar surface area (TPSA) is 62.6 Å². The van der Waals surface area contributed by atoms with Gasteiger partial charge in [-0.15, -0.1) is 0 Å². The first-order valence-electron chi connectivity index (χ1n) is 7.43. The van der Waals surface area contributed by atoms with E-state index in [0.29, 0.717) is 37.3 Å². The van der Waals surface area contributed by atoms with Gasteiger partial charge in [0.25, 0.3) is 0 Å². The molecule has 0 aromatic heterocycles. The molecule has 0 aliphatic carbocycles. The van der Waals surface area contributed by atoms with Crippen molar-refractivity contribution in [3.8, 4) is 6.07 Å². The van der Waals surface area contributed by atoms with Crippen LogP contribution in [0.3, 0.4) is 0 Å². The average Bonchev–Trinajstić information content (AvgIpc) is 2.45. The van der Waals surface area contributed by atoms with Crippen LogP contribution in [-0.2, 0) is 15.9 Å². The number of amides is 1. The van der Waals surface area contributed by atoms with E-state index in [4.69, 9.17) is 14.7 Å². The fourth-order valence-electron chi connectivity index (χ4n) is 1.80. The lowest BCUT2D eigenvalue weighted by Crippen LogP contribution is -2.36. The average molecular weight is 322 g/mol. The monoisotopic (exact) mass is 322 g/mol. The van der Waals surface area contributed by atoms with E-state index in [1.807, 2.05) is 6.07 Å². The molecule has 0 saturated carbocycles. The van der Waals surface area contributed by atoms with Crippen LogP contribution < -0.4 is 0 Å². The summed E-state index contributed by atoms with van der Waals surface area (Å²) in [6.07, 6.45) is 0.0366. The van der Waals surface area contributed by atoms with Crippen molar-refractivity contribution in [2.24, 2.45) is 0 Å². The Hall–Kier alpha value is -2.13. The Morgan fingerprint density at radius 3 is 2.65 bits per heavy atom. The van der Waals surface area contributed by atoms with Crippen LogP contribution in [-0.4, -0.2) is 43.4 Å². The highest BCUT2D eigenvalue weighted by Crippen LogP contribution is 2.11. The van der Waals surface area contributed by atoms with E-state index in [1.165, 1.54) is 23.1 Å². The normalized spacial score (nSPS) is 11.0. The number of carbonyl (C=O) groups excluding carboxylic acids is 1. The zero-order valence-corrected chi connectivity index (χ0v) is 14.1. The highest BCUT2D eigenvalue weighted by atomic mass is 19.1. The lowest BCUT2D eigenvalue weighted by Gasteiger charge is -2.24. The summed E-state index contributed by atoms with van der Waals surface area (Å²) < 4.78 is 23.9. The Morgan fingerprint density at radius 1 is 1.35 bits per heavy atom. The van der Waals surface area contributed by atoms with Gasteiger partial charge < -0.3 is 14.4 Å². The van der Waals surface area contributed by atoms with Gasteiger partial charge in [-0.2, -0.15) is 5.26 Å². The van der Waals surface area contributed by atoms with Crippen molar-refractivity contribution in [1.82, 2.24) is 4.90 Å². The molecule has 6 heteroatoms. The van der Waals surface area contributed by atoms with Crippen molar-refractivity contribution < 1.29 is 18.7 Å². The Balaban J connectivity index is 2.32. The van der Waals surface area contributed by atoms with Crippen molar-refractivity contribution in [3.63, 3.8) is 0 Å². The number of benzene rings is 1. The fraction of sp³-hybridized carbons (Fsp3) is 0.529. The van der Waals surface area contributed by atoms with Crippen molar-refractivity contribution in [2.45, 2.75) is 32.8 Å². The first kappa shape index (κ1) is 18.9. The van der Waals surface area contributed by atoms with Crippen molar-refractivity contribution in [2.75, 3.05) is 26.8 Å². The summed E-state index contributed by atoms with van der Waals surface area (Å²) in [5.74, 6) is -0.372. The highest BCUT2D eigenvalue weighted by Gasteiger charge is 2.19. The van der Waals surface area contributed by atoms with Crippen LogP contribution >= 0.6 is 0 Å². The predicted molar refractivity (Wildman–Crippen MR) is 84.5 cm³/mol. The maximum atomic E-state index is 13.2.